The zero-order valence-electron chi connectivity index (χ0n) is 14.3. The Morgan fingerprint density at radius 1 is 0.962 bits per heavy atom. The third-order valence-electron chi connectivity index (χ3n) is 5.11. The van der Waals surface area contributed by atoms with Crippen LogP contribution < -0.4 is 21.1 Å². The highest BCUT2D eigenvalue weighted by Crippen LogP contribution is 2.28. The SMILES string of the molecule is NC(=O)c1ccc(Oc2ccc(C(=O)N[C@@H]3C[C@H]4CC[C@@H]3N4)cc2)cc1. The second-order valence-corrected chi connectivity index (χ2v) is 6.88. The van der Waals surface area contributed by atoms with Crippen molar-refractivity contribution in [1.82, 2.24) is 10.6 Å². The fourth-order valence-electron chi connectivity index (χ4n) is 3.73. The lowest BCUT2D eigenvalue weighted by Gasteiger charge is -2.21. The van der Waals surface area contributed by atoms with E-state index in [1.165, 1.54) is 6.42 Å². The van der Waals surface area contributed by atoms with Crippen LogP contribution in [0.15, 0.2) is 48.5 Å². The van der Waals surface area contributed by atoms with Gasteiger partial charge in [-0.25, -0.2) is 0 Å². The molecule has 2 aromatic carbocycles. The topological polar surface area (TPSA) is 93.5 Å². The summed E-state index contributed by atoms with van der Waals surface area (Å²) in [6, 6.07) is 14.8. The summed E-state index contributed by atoms with van der Waals surface area (Å²) in [4.78, 5) is 23.5. The predicted molar refractivity (Wildman–Crippen MR) is 97.3 cm³/mol. The molecule has 6 nitrogen and oxygen atoms in total. The lowest BCUT2D eigenvalue weighted by atomic mass is 9.95. The Labute approximate surface area is 151 Å². The normalized spacial score (nSPS) is 23.6. The molecule has 4 rings (SSSR count). The fourth-order valence-corrected chi connectivity index (χ4v) is 3.73. The number of hydrogen-bond donors (Lipinski definition) is 3. The van der Waals surface area contributed by atoms with E-state index in [2.05, 4.69) is 10.6 Å². The van der Waals surface area contributed by atoms with Gasteiger partial charge >= 0.3 is 0 Å². The molecule has 2 aliphatic heterocycles. The maximum atomic E-state index is 12.4. The van der Waals surface area contributed by atoms with E-state index in [1.54, 1.807) is 48.5 Å². The summed E-state index contributed by atoms with van der Waals surface area (Å²) < 4.78 is 5.73. The number of nitrogens with one attached hydrogen (secondary N) is 2. The van der Waals surface area contributed by atoms with Gasteiger partial charge in [-0.3, -0.25) is 9.59 Å². The van der Waals surface area contributed by atoms with Gasteiger partial charge < -0.3 is 21.1 Å². The van der Waals surface area contributed by atoms with Gasteiger partial charge in [0.1, 0.15) is 11.5 Å². The lowest BCUT2D eigenvalue weighted by molar-refractivity contribution is 0.0930. The summed E-state index contributed by atoms with van der Waals surface area (Å²) in [7, 11) is 0. The van der Waals surface area contributed by atoms with Crippen LogP contribution in [0.3, 0.4) is 0 Å². The molecule has 134 valence electrons. The van der Waals surface area contributed by atoms with Crippen LogP contribution in [0.2, 0.25) is 0 Å². The minimum absolute atomic E-state index is 0.0540. The van der Waals surface area contributed by atoms with Crippen LogP contribution in [0, 0.1) is 0 Å². The Morgan fingerprint density at radius 2 is 1.58 bits per heavy atom. The number of primary amides is 1. The minimum Gasteiger partial charge on any atom is -0.457 e. The van der Waals surface area contributed by atoms with Crippen LogP contribution >= 0.6 is 0 Å². The molecule has 0 aromatic heterocycles. The van der Waals surface area contributed by atoms with Gasteiger partial charge in [0.15, 0.2) is 0 Å². The number of fused-ring (bicyclic) bond motifs is 2. The summed E-state index contributed by atoms with van der Waals surface area (Å²) in [5, 5.41) is 6.64. The second kappa shape index (κ2) is 6.80. The van der Waals surface area contributed by atoms with Gasteiger partial charge in [0.25, 0.3) is 5.91 Å². The summed E-state index contributed by atoms with van der Waals surface area (Å²) in [5.41, 5.74) is 6.26. The molecule has 2 aromatic rings. The molecular weight excluding hydrogens is 330 g/mol. The highest BCUT2D eigenvalue weighted by Gasteiger charge is 2.39. The number of carbonyl (C=O) groups excluding carboxylic acids is 2. The number of ether oxygens (including phenoxy) is 1. The lowest BCUT2D eigenvalue weighted by Crippen LogP contribution is -2.42. The molecule has 0 spiro atoms. The van der Waals surface area contributed by atoms with E-state index in [-0.39, 0.29) is 11.9 Å². The first-order valence-electron chi connectivity index (χ1n) is 8.83. The van der Waals surface area contributed by atoms with Crippen LogP contribution in [-0.2, 0) is 0 Å². The Balaban J connectivity index is 1.37. The Morgan fingerprint density at radius 3 is 2.08 bits per heavy atom. The molecule has 4 N–H and O–H groups in total. The standard InChI is InChI=1S/C20H21N3O3/c21-19(24)12-1-6-15(7-2-12)26-16-8-3-13(4-9-16)20(25)23-18-11-14-5-10-17(18)22-14/h1-4,6-9,14,17-18,22H,5,10-11H2,(H2,21,24)(H,23,25)/t14-,17+,18-/m1/s1. The van der Waals surface area contributed by atoms with Gasteiger partial charge in [-0.15, -0.1) is 0 Å². The van der Waals surface area contributed by atoms with Gasteiger partial charge in [0.05, 0.1) is 0 Å². The Hall–Kier alpha value is -2.86. The van der Waals surface area contributed by atoms with Gasteiger partial charge in [-0.2, -0.15) is 0 Å². The third kappa shape index (κ3) is 3.41. The average Bonchev–Trinajstić information content (AvgIpc) is 3.26. The number of nitrogens with two attached hydrogens (primary N) is 1. The van der Waals surface area contributed by atoms with Crippen LogP contribution in [0.1, 0.15) is 40.0 Å². The van der Waals surface area contributed by atoms with Crippen molar-refractivity contribution in [3.8, 4) is 11.5 Å². The van der Waals surface area contributed by atoms with Gasteiger partial charge in [0, 0.05) is 29.3 Å². The van der Waals surface area contributed by atoms with Crippen molar-refractivity contribution >= 4 is 11.8 Å². The van der Waals surface area contributed by atoms with Crippen LogP contribution in [0.5, 0.6) is 11.5 Å². The van der Waals surface area contributed by atoms with E-state index in [1.807, 2.05) is 0 Å². The first kappa shape index (κ1) is 16.6. The van der Waals surface area contributed by atoms with Crippen molar-refractivity contribution in [3.05, 3.63) is 59.7 Å². The summed E-state index contributed by atoms with van der Waals surface area (Å²) in [5.74, 6) is 0.689. The Bertz CT molecular complexity index is 817. The smallest absolute Gasteiger partial charge is 0.251 e. The molecule has 6 heteroatoms. The largest absolute Gasteiger partial charge is 0.457 e. The number of amides is 2. The zero-order valence-corrected chi connectivity index (χ0v) is 14.3. The average molecular weight is 351 g/mol. The van der Waals surface area contributed by atoms with Gasteiger partial charge in [-0.05, 0) is 67.8 Å². The van der Waals surface area contributed by atoms with E-state index in [9.17, 15) is 9.59 Å². The van der Waals surface area contributed by atoms with E-state index < -0.39 is 5.91 Å². The molecule has 2 bridgehead atoms. The molecule has 2 aliphatic rings. The summed E-state index contributed by atoms with van der Waals surface area (Å²) in [6.45, 7) is 0. The Kier molecular flexibility index (Phi) is 4.34. The third-order valence-corrected chi connectivity index (χ3v) is 5.11. The fraction of sp³-hybridized carbons (Fsp3) is 0.300. The minimum atomic E-state index is -0.474. The van der Waals surface area contributed by atoms with Crippen LogP contribution in [0.25, 0.3) is 0 Å². The highest BCUT2D eigenvalue weighted by molar-refractivity contribution is 5.94. The zero-order chi connectivity index (χ0) is 18.1. The molecule has 2 heterocycles. The molecule has 2 amide bonds. The van der Waals surface area contributed by atoms with E-state index >= 15 is 0 Å². The number of benzene rings is 2. The van der Waals surface area contributed by atoms with Gasteiger partial charge in [-0.1, -0.05) is 0 Å². The number of rotatable bonds is 5. The quantitative estimate of drug-likeness (QED) is 0.770. The first-order valence-corrected chi connectivity index (χ1v) is 8.83. The summed E-state index contributed by atoms with van der Waals surface area (Å²) >= 11 is 0. The molecule has 26 heavy (non-hydrogen) atoms. The molecule has 0 unspecified atom stereocenters. The number of hydrogen-bond acceptors (Lipinski definition) is 4. The highest BCUT2D eigenvalue weighted by atomic mass is 16.5. The first-order chi connectivity index (χ1) is 12.6. The molecule has 2 saturated heterocycles. The molecule has 0 aliphatic carbocycles. The van der Waals surface area contributed by atoms with E-state index in [0.29, 0.717) is 34.7 Å². The van der Waals surface area contributed by atoms with Crippen molar-refractivity contribution in [2.45, 2.75) is 37.4 Å². The molecule has 3 atom stereocenters. The van der Waals surface area contributed by atoms with E-state index in [4.69, 9.17) is 10.5 Å². The monoisotopic (exact) mass is 351 g/mol. The predicted octanol–water partition coefficient (Wildman–Crippen LogP) is 2.20. The molecule has 0 radical (unpaired) electrons. The van der Waals surface area contributed by atoms with Crippen LogP contribution in [0.4, 0.5) is 0 Å². The second-order valence-electron chi connectivity index (χ2n) is 6.88. The molecular formula is C20H21N3O3. The molecule has 2 fully saturated rings. The van der Waals surface area contributed by atoms with Crippen molar-refractivity contribution in [1.29, 1.82) is 0 Å². The van der Waals surface area contributed by atoms with Crippen molar-refractivity contribution in [2.75, 3.05) is 0 Å². The molecule has 0 saturated carbocycles. The van der Waals surface area contributed by atoms with Crippen molar-refractivity contribution in [3.63, 3.8) is 0 Å². The van der Waals surface area contributed by atoms with Crippen molar-refractivity contribution < 1.29 is 14.3 Å². The maximum Gasteiger partial charge on any atom is 0.251 e. The van der Waals surface area contributed by atoms with E-state index in [0.717, 1.165) is 12.8 Å². The van der Waals surface area contributed by atoms with Crippen molar-refractivity contribution in [2.24, 2.45) is 5.73 Å². The number of carbonyl (C=O) groups is 2. The maximum absolute atomic E-state index is 12.4. The van der Waals surface area contributed by atoms with Gasteiger partial charge in [0.2, 0.25) is 5.91 Å². The summed E-state index contributed by atoms with van der Waals surface area (Å²) in [6.07, 6.45) is 3.36. The van der Waals surface area contributed by atoms with Crippen LogP contribution in [-0.4, -0.2) is 29.9 Å².